The zero-order valence-corrected chi connectivity index (χ0v) is 17.0. The third kappa shape index (κ3) is 4.63. The van der Waals surface area contributed by atoms with Gasteiger partial charge < -0.3 is 19.3 Å². The van der Waals surface area contributed by atoms with Crippen LogP contribution in [0.25, 0.3) is 0 Å². The number of quaternary nitrogens is 1. The minimum atomic E-state index is -3.32. The Bertz CT molecular complexity index is 977. The summed E-state index contributed by atoms with van der Waals surface area (Å²) < 4.78 is 51.0. The quantitative estimate of drug-likeness (QED) is 0.712. The summed E-state index contributed by atoms with van der Waals surface area (Å²) in [4.78, 5) is 3.28. The average molecular weight is 423 g/mol. The summed E-state index contributed by atoms with van der Waals surface area (Å²) in [6, 6.07) is 12.4. The van der Waals surface area contributed by atoms with Crippen molar-refractivity contribution in [3.63, 3.8) is 0 Å². The molecule has 0 unspecified atom stereocenters. The lowest BCUT2D eigenvalue weighted by atomic mass is 10.0. The third-order valence-electron chi connectivity index (χ3n) is 5.44. The predicted octanol–water partition coefficient (Wildman–Crippen LogP) is 0.550. The number of piperazine rings is 1. The Labute approximate surface area is 170 Å². The molecule has 7 nitrogen and oxygen atoms in total. The molecule has 2 aliphatic heterocycles. The van der Waals surface area contributed by atoms with Crippen LogP contribution in [0, 0.1) is 5.82 Å². The van der Waals surface area contributed by atoms with Gasteiger partial charge in [0.2, 0.25) is 16.8 Å². The number of nitrogens with one attached hydrogen (secondary N) is 2. The molecular weight excluding hydrogens is 397 g/mol. The van der Waals surface area contributed by atoms with E-state index in [1.165, 1.54) is 11.0 Å². The monoisotopic (exact) mass is 422 g/mol. The molecule has 9 heteroatoms. The summed E-state index contributed by atoms with van der Waals surface area (Å²) in [6.45, 7) is 3.39. The number of rotatable bonds is 6. The van der Waals surface area contributed by atoms with Gasteiger partial charge in [-0.3, -0.25) is 0 Å². The van der Waals surface area contributed by atoms with Gasteiger partial charge in [0.05, 0.1) is 44.7 Å². The number of hydrogen-bond donors (Lipinski definition) is 2. The van der Waals surface area contributed by atoms with Crippen molar-refractivity contribution < 1.29 is 27.2 Å². The number of nitrogens with zero attached hydrogens (tertiary/aromatic N) is 1. The largest absolute Gasteiger partial charge is 0.454 e. The number of fused-ring (bicyclic) bond motifs is 1. The van der Waals surface area contributed by atoms with E-state index in [1.807, 2.05) is 29.2 Å². The summed E-state index contributed by atoms with van der Waals surface area (Å²) in [7, 11) is -3.32. The highest BCUT2D eigenvalue weighted by Gasteiger charge is 2.31. The highest BCUT2D eigenvalue weighted by Crippen LogP contribution is 2.33. The molecule has 0 amide bonds. The second kappa shape index (κ2) is 8.17. The fourth-order valence-electron chi connectivity index (χ4n) is 3.95. The highest BCUT2D eigenvalue weighted by atomic mass is 32.2. The van der Waals surface area contributed by atoms with Crippen molar-refractivity contribution in [3.05, 3.63) is 53.8 Å². The van der Waals surface area contributed by atoms with Crippen molar-refractivity contribution in [2.45, 2.75) is 6.04 Å². The first kappa shape index (κ1) is 19.9. The van der Waals surface area contributed by atoms with Crippen LogP contribution >= 0.6 is 0 Å². The van der Waals surface area contributed by atoms with Crippen molar-refractivity contribution in [1.29, 1.82) is 0 Å². The lowest BCUT2D eigenvalue weighted by Crippen LogP contribution is -3.15. The minimum Gasteiger partial charge on any atom is -0.454 e. The molecule has 2 aromatic rings. The molecule has 0 aliphatic carbocycles. The summed E-state index contributed by atoms with van der Waals surface area (Å²) in [5.74, 6) is 1.15. The van der Waals surface area contributed by atoms with Crippen molar-refractivity contribution in [3.8, 4) is 11.5 Å². The van der Waals surface area contributed by atoms with E-state index in [2.05, 4.69) is 4.72 Å². The molecule has 1 atom stereocenters. The van der Waals surface area contributed by atoms with Gasteiger partial charge in [-0.2, -0.15) is 0 Å². The summed E-state index contributed by atoms with van der Waals surface area (Å²) in [5, 5.41) is 0. The first-order valence-corrected chi connectivity index (χ1v) is 11.5. The van der Waals surface area contributed by atoms with Crippen LogP contribution in [0.4, 0.5) is 10.1 Å². The van der Waals surface area contributed by atoms with Crippen LogP contribution in [0.3, 0.4) is 0 Å². The van der Waals surface area contributed by atoms with Gasteiger partial charge in [0.15, 0.2) is 11.5 Å². The molecule has 0 aromatic heterocycles. The number of halogens is 1. The smallest absolute Gasteiger partial charge is 0.231 e. The minimum absolute atomic E-state index is 0.0815. The molecule has 29 heavy (non-hydrogen) atoms. The van der Waals surface area contributed by atoms with E-state index < -0.39 is 10.0 Å². The van der Waals surface area contributed by atoms with E-state index in [0.717, 1.165) is 24.9 Å². The zero-order chi connectivity index (χ0) is 20.4. The molecular formula is C20H25FN3O4S+. The summed E-state index contributed by atoms with van der Waals surface area (Å²) in [5.41, 5.74) is 1.60. The van der Waals surface area contributed by atoms with Crippen LogP contribution in [-0.4, -0.2) is 54.2 Å². The maximum Gasteiger partial charge on any atom is 0.231 e. The molecule has 2 aromatic carbocycles. The topological polar surface area (TPSA) is 72.3 Å². The van der Waals surface area contributed by atoms with Gasteiger partial charge >= 0.3 is 0 Å². The number of anilines is 1. The molecule has 2 aliphatic rings. The number of ether oxygens (including phenoxy) is 2. The first-order valence-electron chi connectivity index (χ1n) is 9.59. The van der Waals surface area contributed by atoms with Gasteiger partial charge in [-0.15, -0.1) is 0 Å². The molecule has 156 valence electrons. The molecule has 0 bridgehead atoms. The fraction of sp³-hybridized carbons (Fsp3) is 0.400. The predicted molar refractivity (Wildman–Crippen MR) is 107 cm³/mol. The van der Waals surface area contributed by atoms with E-state index in [4.69, 9.17) is 9.47 Å². The van der Waals surface area contributed by atoms with E-state index in [-0.39, 0.29) is 25.2 Å². The Balaban J connectivity index is 1.52. The molecule has 2 heterocycles. The second-order valence-electron chi connectivity index (χ2n) is 7.38. The number of para-hydroxylation sites is 1. The fourth-order valence-corrected chi connectivity index (χ4v) is 4.42. The van der Waals surface area contributed by atoms with E-state index >= 15 is 0 Å². The molecule has 1 fully saturated rings. The first-order chi connectivity index (χ1) is 13.9. The Morgan fingerprint density at radius 2 is 1.86 bits per heavy atom. The molecule has 0 spiro atoms. The van der Waals surface area contributed by atoms with E-state index in [9.17, 15) is 12.8 Å². The van der Waals surface area contributed by atoms with Crippen LogP contribution in [0.1, 0.15) is 11.6 Å². The van der Waals surface area contributed by atoms with E-state index in [1.54, 1.807) is 12.1 Å². The normalized spacial score (nSPS) is 18.1. The van der Waals surface area contributed by atoms with E-state index in [0.29, 0.717) is 30.3 Å². The molecule has 4 rings (SSSR count). The Hall–Kier alpha value is -2.36. The zero-order valence-electron chi connectivity index (χ0n) is 16.2. The molecule has 1 saturated heterocycles. The Morgan fingerprint density at radius 3 is 2.59 bits per heavy atom. The molecule has 0 radical (unpaired) electrons. The van der Waals surface area contributed by atoms with Crippen LogP contribution in [-0.2, 0) is 10.0 Å². The van der Waals surface area contributed by atoms with Gasteiger partial charge in [0.1, 0.15) is 11.9 Å². The lowest BCUT2D eigenvalue weighted by molar-refractivity contribution is -0.930. The molecule has 0 saturated carbocycles. The van der Waals surface area contributed by atoms with Crippen molar-refractivity contribution in [2.24, 2.45) is 0 Å². The number of sulfonamides is 1. The van der Waals surface area contributed by atoms with Gasteiger partial charge in [0, 0.05) is 5.56 Å². The Kier molecular flexibility index (Phi) is 5.62. The van der Waals surface area contributed by atoms with Crippen molar-refractivity contribution in [1.82, 2.24) is 4.72 Å². The maximum atomic E-state index is 14.1. The van der Waals surface area contributed by atoms with Gasteiger partial charge in [0.25, 0.3) is 0 Å². The van der Waals surface area contributed by atoms with Gasteiger partial charge in [-0.05, 0) is 30.3 Å². The number of benzene rings is 2. The second-order valence-corrected chi connectivity index (χ2v) is 9.22. The highest BCUT2D eigenvalue weighted by molar-refractivity contribution is 7.88. The van der Waals surface area contributed by atoms with Crippen LogP contribution in [0.15, 0.2) is 42.5 Å². The summed E-state index contributed by atoms with van der Waals surface area (Å²) >= 11 is 0. The van der Waals surface area contributed by atoms with Crippen LogP contribution < -0.4 is 24.0 Å². The lowest BCUT2D eigenvalue weighted by Gasteiger charge is -2.37. The van der Waals surface area contributed by atoms with Crippen LogP contribution in [0.5, 0.6) is 11.5 Å². The van der Waals surface area contributed by atoms with Gasteiger partial charge in [-0.25, -0.2) is 17.5 Å². The average Bonchev–Trinajstić information content (AvgIpc) is 3.16. The SMILES string of the molecule is CS(=O)(=O)NC[C@@H](c1ccc2c(c1)OCO2)[NH+]1CCN(c2ccccc2F)CC1. The standard InChI is InChI=1S/C20H24FN3O4S/c1-29(25,26)22-13-18(15-6-7-19-20(12-15)28-14-27-19)24-10-8-23(9-11-24)17-5-3-2-4-16(17)21/h2-7,12,18,22H,8-11,13-14H2,1H3/p+1/t18-/m0/s1. The molecule has 2 N–H and O–H groups in total. The van der Waals surface area contributed by atoms with Crippen LogP contribution in [0.2, 0.25) is 0 Å². The third-order valence-corrected chi connectivity index (χ3v) is 6.13. The summed E-state index contributed by atoms with van der Waals surface area (Å²) in [6.07, 6.45) is 1.16. The number of hydrogen-bond acceptors (Lipinski definition) is 5. The maximum absolute atomic E-state index is 14.1. The Morgan fingerprint density at radius 1 is 1.14 bits per heavy atom. The van der Waals surface area contributed by atoms with Crippen molar-refractivity contribution >= 4 is 15.7 Å². The van der Waals surface area contributed by atoms with Crippen molar-refractivity contribution in [2.75, 3.05) is 50.7 Å². The van der Waals surface area contributed by atoms with Gasteiger partial charge in [-0.1, -0.05) is 12.1 Å².